The fourth-order valence-corrected chi connectivity index (χ4v) is 2.09. The van der Waals surface area contributed by atoms with Gasteiger partial charge in [0.25, 0.3) is 0 Å². The van der Waals surface area contributed by atoms with E-state index in [2.05, 4.69) is 25.8 Å². The van der Waals surface area contributed by atoms with Crippen molar-refractivity contribution >= 4 is 6.03 Å². The van der Waals surface area contributed by atoms with Crippen molar-refractivity contribution in [2.75, 3.05) is 0 Å². The number of hydrogen-bond acceptors (Lipinski definition) is 4. The highest BCUT2D eigenvalue weighted by Crippen LogP contribution is 2.21. The minimum Gasteiger partial charge on any atom is -0.491 e. The number of benzene rings is 1. The summed E-state index contributed by atoms with van der Waals surface area (Å²) >= 11 is 0. The molecule has 0 bridgehead atoms. The molecule has 1 aromatic heterocycles. The molecule has 2 aromatic rings. The maximum atomic E-state index is 12.0. The normalized spacial score (nSPS) is 12.0. The number of amides is 2. The number of rotatable bonds is 6. The van der Waals surface area contributed by atoms with Gasteiger partial charge < -0.3 is 15.4 Å². The third kappa shape index (κ3) is 4.98. The van der Waals surface area contributed by atoms with Crippen LogP contribution < -0.4 is 15.4 Å². The lowest BCUT2D eigenvalue weighted by atomic mass is 10.1. The zero-order chi connectivity index (χ0) is 16.8. The summed E-state index contributed by atoms with van der Waals surface area (Å²) in [6.45, 7) is 8.18. The van der Waals surface area contributed by atoms with Crippen LogP contribution in [0, 0.1) is 6.92 Å². The number of hydrogen-bond donors (Lipinski definition) is 3. The number of aryl methyl sites for hydroxylation is 1. The maximum Gasteiger partial charge on any atom is 0.315 e. The molecule has 7 nitrogen and oxygen atoms in total. The summed E-state index contributed by atoms with van der Waals surface area (Å²) in [5, 5.41) is 12.1. The van der Waals surface area contributed by atoms with Crippen molar-refractivity contribution in [1.29, 1.82) is 0 Å². The second kappa shape index (κ2) is 7.62. The molecule has 0 aliphatic carbocycles. The number of nitrogens with zero attached hydrogens (tertiary/aromatic N) is 2. The molecule has 1 heterocycles. The molecule has 1 atom stereocenters. The molecular weight excluding hydrogens is 294 g/mol. The lowest BCUT2D eigenvalue weighted by Gasteiger charge is -2.16. The first-order chi connectivity index (χ1) is 11.0. The Kier molecular flexibility index (Phi) is 5.56. The molecule has 2 amide bonds. The SMILES string of the molecule is Cc1ccc(CNC(=O)N[C@H](C)c2ncn[nH]2)c(OC(C)C)c1. The highest BCUT2D eigenvalue weighted by molar-refractivity contribution is 5.74. The third-order valence-corrected chi connectivity index (χ3v) is 3.22. The number of carbonyl (C=O) groups excluding carboxylic acids is 1. The molecule has 124 valence electrons. The van der Waals surface area contributed by atoms with E-state index in [-0.39, 0.29) is 18.2 Å². The Hall–Kier alpha value is -2.57. The van der Waals surface area contributed by atoms with E-state index in [0.717, 1.165) is 16.9 Å². The number of carbonyl (C=O) groups is 1. The van der Waals surface area contributed by atoms with E-state index in [0.29, 0.717) is 12.4 Å². The summed E-state index contributed by atoms with van der Waals surface area (Å²) in [7, 11) is 0. The Morgan fingerprint density at radius 1 is 1.35 bits per heavy atom. The molecule has 2 rings (SSSR count). The Balaban J connectivity index is 1.93. The van der Waals surface area contributed by atoms with Crippen molar-refractivity contribution < 1.29 is 9.53 Å². The van der Waals surface area contributed by atoms with Crippen LogP contribution in [0.1, 0.15) is 43.8 Å². The molecule has 3 N–H and O–H groups in total. The highest BCUT2D eigenvalue weighted by Gasteiger charge is 2.12. The maximum absolute atomic E-state index is 12.0. The van der Waals surface area contributed by atoms with Crippen LogP contribution in [0.4, 0.5) is 4.79 Å². The van der Waals surface area contributed by atoms with Crippen LogP contribution >= 0.6 is 0 Å². The second-order valence-electron chi connectivity index (χ2n) is 5.70. The minimum atomic E-state index is -0.273. The fourth-order valence-electron chi connectivity index (χ4n) is 2.09. The molecule has 23 heavy (non-hydrogen) atoms. The molecule has 0 unspecified atom stereocenters. The van der Waals surface area contributed by atoms with Crippen LogP contribution in [0.2, 0.25) is 0 Å². The van der Waals surface area contributed by atoms with Crippen LogP contribution in [-0.4, -0.2) is 27.3 Å². The van der Waals surface area contributed by atoms with Gasteiger partial charge in [-0.2, -0.15) is 5.10 Å². The summed E-state index contributed by atoms with van der Waals surface area (Å²) in [4.78, 5) is 16.0. The summed E-state index contributed by atoms with van der Waals surface area (Å²) in [6.07, 6.45) is 1.49. The van der Waals surface area contributed by atoms with Crippen LogP contribution in [0.15, 0.2) is 24.5 Å². The Morgan fingerprint density at radius 2 is 2.13 bits per heavy atom. The van der Waals surface area contributed by atoms with Crippen LogP contribution in [-0.2, 0) is 6.54 Å². The van der Waals surface area contributed by atoms with Crippen molar-refractivity contribution in [3.05, 3.63) is 41.5 Å². The van der Waals surface area contributed by atoms with E-state index in [9.17, 15) is 4.79 Å². The number of ether oxygens (including phenoxy) is 1. The van der Waals surface area contributed by atoms with Crippen LogP contribution in [0.3, 0.4) is 0 Å². The number of aromatic nitrogens is 3. The minimum absolute atomic E-state index is 0.0795. The lowest BCUT2D eigenvalue weighted by Crippen LogP contribution is -2.37. The fraction of sp³-hybridized carbons (Fsp3) is 0.438. The molecule has 0 saturated carbocycles. The largest absolute Gasteiger partial charge is 0.491 e. The van der Waals surface area contributed by atoms with E-state index >= 15 is 0 Å². The monoisotopic (exact) mass is 317 g/mol. The van der Waals surface area contributed by atoms with E-state index in [1.807, 2.05) is 45.9 Å². The molecule has 1 aromatic carbocycles. The first kappa shape index (κ1) is 16.8. The zero-order valence-electron chi connectivity index (χ0n) is 13.9. The van der Waals surface area contributed by atoms with Crippen molar-refractivity contribution in [2.24, 2.45) is 0 Å². The van der Waals surface area contributed by atoms with Gasteiger partial charge >= 0.3 is 6.03 Å². The van der Waals surface area contributed by atoms with Gasteiger partial charge in [-0.25, -0.2) is 9.78 Å². The number of nitrogens with one attached hydrogen (secondary N) is 3. The van der Waals surface area contributed by atoms with Gasteiger partial charge in [0.2, 0.25) is 0 Å². The van der Waals surface area contributed by atoms with Gasteiger partial charge in [0.1, 0.15) is 17.9 Å². The average Bonchev–Trinajstić information content (AvgIpc) is 3.00. The van der Waals surface area contributed by atoms with Gasteiger partial charge in [0.15, 0.2) is 0 Å². The first-order valence-corrected chi connectivity index (χ1v) is 7.61. The van der Waals surface area contributed by atoms with E-state index in [4.69, 9.17) is 4.74 Å². The van der Waals surface area contributed by atoms with Crippen molar-refractivity contribution in [1.82, 2.24) is 25.8 Å². The van der Waals surface area contributed by atoms with Gasteiger partial charge in [-0.1, -0.05) is 12.1 Å². The summed E-state index contributed by atoms with van der Waals surface area (Å²) in [5.74, 6) is 1.41. The second-order valence-corrected chi connectivity index (χ2v) is 5.70. The Labute approximate surface area is 135 Å². The predicted octanol–water partition coefficient (Wildman–Crippen LogP) is 2.46. The van der Waals surface area contributed by atoms with Crippen molar-refractivity contribution in [3.8, 4) is 5.75 Å². The average molecular weight is 317 g/mol. The van der Waals surface area contributed by atoms with Gasteiger partial charge in [-0.15, -0.1) is 0 Å². The number of H-pyrrole nitrogens is 1. The van der Waals surface area contributed by atoms with Gasteiger partial charge in [0.05, 0.1) is 12.1 Å². The van der Waals surface area contributed by atoms with Crippen molar-refractivity contribution in [3.63, 3.8) is 0 Å². The molecule has 0 fully saturated rings. The Bertz CT molecular complexity index is 640. The molecule has 7 heteroatoms. The lowest BCUT2D eigenvalue weighted by molar-refractivity contribution is 0.234. The molecule has 0 aliphatic rings. The molecular formula is C16H23N5O2. The summed E-state index contributed by atoms with van der Waals surface area (Å²) < 4.78 is 5.80. The highest BCUT2D eigenvalue weighted by atomic mass is 16.5. The first-order valence-electron chi connectivity index (χ1n) is 7.61. The van der Waals surface area contributed by atoms with E-state index < -0.39 is 0 Å². The van der Waals surface area contributed by atoms with Crippen LogP contribution in [0.5, 0.6) is 5.75 Å². The van der Waals surface area contributed by atoms with E-state index in [1.165, 1.54) is 6.33 Å². The van der Waals surface area contributed by atoms with Crippen molar-refractivity contribution in [2.45, 2.75) is 46.4 Å². The zero-order valence-corrected chi connectivity index (χ0v) is 13.9. The molecule has 0 saturated heterocycles. The Morgan fingerprint density at radius 3 is 2.78 bits per heavy atom. The molecule has 0 radical (unpaired) electrons. The molecule has 0 spiro atoms. The quantitative estimate of drug-likeness (QED) is 0.763. The standard InChI is InChI=1S/C16H23N5O2/c1-10(2)23-14-7-11(3)5-6-13(14)8-17-16(22)20-12(4)15-18-9-19-21-15/h5-7,9-10,12H,8H2,1-4H3,(H2,17,20,22)(H,18,19,21)/t12-/m1/s1. The van der Waals surface area contributed by atoms with Gasteiger partial charge in [0, 0.05) is 12.1 Å². The van der Waals surface area contributed by atoms with E-state index in [1.54, 1.807) is 0 Å². The summed E-state index contributed by atoms with van der Waals surface area (Å²) in [5.41, 5.74) is 2.06. The van der Waals surface area contributed by atoms with Gasteiger partial charge in [-0.3, -0.25) is 5.10 Å². The third-order valence-electron chi connectivity index (χ3n) is 3.22. The molecule has 0 aliphatic heterocycles. The van der Waals surface area contributed by atoms with Gasteiger partial charge in [-0.05, 0) is 39.3 Å². The van der Waals surface area contributed by atoms with Crippen LogP contribution in [0.25, 0.3) is 0 Å². The number of urea groups is 1. The predicted molar refractivity (Wildman–Crippen MR) is 87.1 cm³/mol. The topological polar surface area (TPSA) is 91.9 Å². The number of aromatic amines is 1. The smallest absolute Gasteiger partial charge is 0.315 e. The summed E-state index contributed by atoms with van der Waals surface area (Å²) in [6, 6.07) is 5.42.